The molecule has 27 heavy (non-hydrogen) atoms. The summed E-state index contributed by atoms with van der Waals surface area (Å²) in [4.78, 5) is 23.5. The number of piperidine rings is 1. The summed E-state index contributed by atoms with van der Waals surface area (Å²) in [6, 6.07) is 7.81. The lowest BCUT2D eigenvalue weighted by atomic mass is 9.95. The average Bonchev–Trinajstić information content (AvgIpc) is 3.38. The summed E-state index contributed by atoms with van der Waals surface area (Å²) in [5.41, 5.74) is 2.53. The van der Waals surface area contributed by atoms with E-state index in [1.165, 1.54) is 0 Å². The van der Waals surface area contributed by atoms with Gasteiger partial charge >= 0.3 is 0 Å². The Morgan fingerprint density at radius 2 is 2.07 bits per heavy atom. The number of aromatic amines is 1. The Bertz CT molecular complexity index is 892. The van der Waals surface area contributed by atoms with Gasteiger partial charge in [-0.15, -0.1) is 0 Å². The van der Waals surface area contributed by atoms with Crippen LogP contribution in [0.5, 0.6) is 0 Å². The lowest BCUT2D eigenvalue weighted by Crippen LogP contribution is -2.38. The fourth-order valence-electron chi connectivity index (χ4n) is 3.64. The van der Waals surface area contributed by atoms with Crippen LogP contribution in [0.15, 0.2) is 42.9 Å². The molecule has 1 fully saturated rings. The van der Waals surface area contributed by atoms with Crippen molar-refractivity contribution >= 4 is 5.91 Å². The van der Waals surface area contributed by atoms with E-state index < -0.39 is 0 Å². The van der Waals surface area contributed by atoms with Crippen molar-refractivity contribution in [1.29, 1.82) is 0 Å². The van der Waals surface area contributed by atoms with Crippen molar-refractivity contribution in [3.63, 3.8) is 0 Å². The number of likely N-dealkylation sites (tertiary alicyclic amines) is 1. The summed E-state index contributed by atoms with van der Waals surface area (Å²) in [5, 5.41) is 7.07. The Labute approximate surface area is 158 Å². The molecule has 4 heterocycles. The molecule has 1 saturated heterocycles. The Morgan fingerprint density at radius 3 is 2.78 bits per heavy atom. The molecule has 0 aromatic carbocycles. The second-order valence-electron chi connectivity index (χ2n) is 6.93. The smallest absolute Gasteiger partial charge is 0.274 e. The van der Waals surface area contributed by atoms with Gasteiger partial charge in [-0.2, -0.15) is 5.10 Å². The first-order valence-electron chi connectivity index (χ1n) is 9.49. The van der Waals surface area contributed by atoms with Gasteiger partial charge in [-0.05, 0) is 37.5 Å². The predicted molar refractivity (Wildman–Crippen MR) is 101 cm³/mol. The molecule has 0 aliphatic carbocycles. The second-order valence-corrected chi connectivity index (χ2v) is 6.93. The lowest BCUT2D eigenvalue weighted by molar-refractivity contribution is 0.0704. The Kier molecular flexibility index (Phi) is 5.00. The number of nitrogens with one attached hydrogen (secondary N) is 1. The highest BCUT2D eigenvalue weighted by Crippen LogP contribution is 2.28. The zero-order valence-corrected chi connectivity index (χ0v) is 15.5. The summed E-state index contributed by atoms with van der Waals surface area (Å²) in [5.74, 6) is 1.46. The minimum Gasteiger partial charge on any atom is -0.337 e. The highest BCUT2D eigenvalue weighted by molar-refractivity contribution is 5.92. The van der Waals surface area contributed by atoms with E-state index >= 15 is 0 Å². The number of hydrogen-bond donors (Lipinski definition) is 1. The van der Waals surface area contributed by atoms with E-state index in [1.807, 2.05) is 54.7 Å². The highest BCUT2D eigenvalue weighted by Gasteiger charge is 2.28. The fourth-order valence-corrected chi connectivity index (χ4v) is 3.64. The number of carbonyl (C=O) groups excluding carboxylic acids is 1. The molecule has 0 saturated carbocycles. The number of nitrogens with zero attached hydrogens (tertiary/aromatic N) is 5. The first-order chi connectivity index (χ1) is 13.2. The van der Waals surface area contributed by atoms with E-state index in [2.05, 4.69) is 24.7 Å². The van der Waals surface area contributed by atoms with Crippen LogP contribution in [0.2, 0.25) is 0 Å². The van der Waals surface area contributed by atoms with Gasteiger partial charge in [0.15, 0.2) is 0 Å². The summed E-state index contributed by atoms with van der Waals surface area (Å²) in [7, 11) is 0. The van der Waals surface area contributed by atoms with Crippen LogP contribution in [0.3, 0.4) is 0 Å². The number of imidazole rings is 1. The second kappa shape index (κ2) is 7.73. The van der Waals surface area contributed by atoms with Crippen molar-refractivity contribution < 1.29 is 4.79 Å². The molecule has 1 aliphatic heterocycles. The molecule has 7 nitrogen and oxygen atoms in total. The molecule has 1 aliphatic rings. The van der Waals surface area contributed by atoms with Crippen LogP contribution in [-0.2, 0) is 13.0 Å². The van der Waals surface area contributed by atoms with Crippen LogP contribution in [0.1, 0.15) is 53.4 Å². The maximum Gasteiger partial charge on any atom is 0.274 e. The average molecular weight is 364 g/mol. The van der Waals surface area contributed by atoms with Crippen molar-refractivity contribution in [2.24, 2.45) is 0 Å². The zero-order chi connectivity index (χ0) is 18.6. The van der Waals surface area contributed by atoms with Crippen LogP contribution in [0, 0.1) is 0 Å². The zero-order valence-electron chi connectivity index (χ0n) is 15.5. The number of carbonyl (C=O) groups is 1. The Balaban J connectivity index is 1.40. The summed E-state index contributed by atoms with van der Waals surface area (Å²) < 4.78 is 2.17. The van der Waals surface area contributed by atoms with Crippen LogP contribution < -0.4 is 0 Å². The lowest BCUT2D eigenvalue weighted by Gasteiger charge is -2.31. The molecule has 3 aromatic heterocycles. The molecular formula is C20H24N6O. The highest BCUT2D eigenvalue weighted by atomic mass is 16.2. The van der Waals surface area contributed by atoms with Crippen molar-refractivity contribution in [2.75, 3.05) is 13.1 Å². The molecule has 0 bridgehead atoms. The molecule has 1 N–H and O–H groups in total. The van der Waals surface area contributed by atoms with Gasteiger partial charge in [0.1, 0.15) is 11.5 Å². The number of pyridine rings is 1. The van der Waals surface area contributed by atoms with E-state index in [-0.39, 0.29) is 5.91 Å². The van der Waals surface area contributed by atoms with E-state index in [0.717, 1.165) is 56.1 Å². The number of H-pyrrole nitrogens is 1. The quantitative estimate of drug-likeness (QED) is 0.755. The molecule has 0 unspecified atom stereocenters. The third kappa shape index (κ3) is 3.77. The van der Waals surface area contributed by atoms with Gasteiger partial charge in [-0.3, -0.25) is 14.9 Å². The predicted octanol–water partition coefficient (Wildman–Crippen LogP) is 2.63. The van der Waals surface area contributed by atoms with Crippen molar-refractivity contribution in [2.45, 2.75) is 38.6 Å². The molecule has 0 radical (unpaired) electrons. The van der Waals surface area contributed by atoms with Crippen LogP contribution in [0.4, 0.5) is 0 Å². The van der Waals surface area contributed by atoms with E-state index in [4.69, 9.17) is 0 Å². The van der Waals surface area contributed by atoms with Gasteiger partial charge in [0.2, 0.25) is 0 Å². The molecule has 0 atom stereocenters. The maximum absolute atomic E-state index is 12.6. The molecule has 7 heteroatoms. The van der Waals surface area contributed by atoms with Crippen LogP contribution >= 0.6 is 0 Å². The fraction of sp³-hybridized carbons (Fsp3) is 0.400. The monoisotopic (exact) mass is 364 g/mol. The molecular weight excluding hydrogens is 340 g/mol. The van der Waals surface area contributed by atoms with Crippen LogP contribution in [-0.4, -0.2) is 48.6 Å². The molecule has 4 rings (SSSR count). The van der Waals surface area contributed by atoms with Crippen molar-refractivity contribution in [3.05, 3.63) is 65.8 Å². The van der Waals surface area contributed by atoms with Gasteiger partial charge in [0.25, 0.3) is 5.91 Å². The summed E-state index contributed by atoms with van der Waals surface area (Å²) >= 11 is 0. The minimum absolute atomic E-state index is 0.0150. The maximum atomic E-state index is 12.6. The van der Waals surface area contributed by atoms with Crippen molar-refractivity contribution in [3.8, 4) is 0 Å². The topological polar surface area (TPSA) is 79.7 Å². The molecule has 140 valence electrons. The number of rotatable bonds is 5. The van der Waals surface area contributed by atoms with Crippen LogP contribution in [0.25, 0.3) is 0 Å². The van der Waals surface area contributed by atoms with Gasteiger partial charge < -0.3 is 9.47 Å². The number of amides is 1. The third-order valence-corrected chi connectivity index (χ3v) is 5.18. The first kappa shape index (κ1) is 17.5. The summed E-state index contributed by atoms with van der Waals surface area (Å²) in [6.45, 7) is 4.23. The normalized spacial score (nSPS) is 15.2. The summed E-state index contributed by atoms with van der Waals surface area (Å²) in [6.07, 6.45) is 8.35. The molecule has 3 aromatic rings. The molecule has 1 amide bonds. The largest absolute Gasteiger partial charge is 0.337 e. The van der Waals surface area contributed by atoms with Gasteiger partial charge in [-0.1, -0.05) is 13.0 Å². The Hall–Kier alpha value is -2.96. The van der Waals surface area contributed by atoms with E-state index in [9.17, 15) is 4.79 Å². The number of hydrogen-bond acceptors (Lipinski definition) is 4. The Morgan fingerprint density at radius 1 is 1.22 bits per heavy atom. The SMILES string of the molecule is CCc1cc(C(=O)N2CCC(c3nccn3Cc3ccccn3)CC2)n[nH]1. The van der Waals surface area contributed by atoms with Crippen molar-refractivity contribution in [1.82, 2.24) is 29.6 Å². The van der Waals surface area contributed by atoms with Gasteiger partial charge in [0.05, 0.1) is 12.2 Å². The minimum atomic E-state index is 0.0150. The first-order valence-corrected chi connectivity index (χ1v) is 9.49. The van der Waals surface area contributed by atoms with Gasteiger partial charge in [0, 0.05) is 43.3 Å². The standard InChI is InChI=1S/C20H24N6O/c1-2-16-13-18(24-23-16)20(27)25-10-6-15(7-11-25)19-22-9-12-26(19)14-17-5-3-4-8-21-17/h3-5,8-9,12-13,15H,2,6-7,10-11,14H2,1H3,(H,23,24). The van der Waals surface area contributed by atoms with E-state index in [1.54, 1.807) is 0 Å². The van der Waals surface area contributed by atoms with E-state index in [0.29, 0.717) is 11.6 Å². The number of aryl methyl sites for hydroxylation is 1. The molecule has 0 spiro atoms. The third-order valence-electron chi connectivity index (χ3n) is 5.18. The van der Waals surface area contributed by atoms with Gasteiger partial charge in [-0.25, -0.2) is 4.98 Å². The number of aromatic nitrogens is 5.